The van der Waals surface area contributed by atoms with Gasteiger partial charge in [0.2, 0.25) is 12.3 Å². The van der Waals surface area contributed by atoms with Crippen LogP contribution in [0, 0.1) is 28.6 Å². The molecular weight excluding hydrogens is 388 g/mol. The highest BCUT2D eigenvalue weighted by Gasteiger charge is 2.61. The highest BCUT2D eigenvalue weighted by molar-refractivity contribution is 5.77. The predicted octanol–water partition coefficient (Wildman–Crippen LogP) is 4.87. The molecule has 1 aromatic rings. The van der Waals surface area contributed by atoms with E-state index >= 15 is 0 Å². The molecule has 168 valence electrons. The minimum Gasteiger partial charge on any atom is -0.490 e. The second-order valence-corrected chi connectivity index (χ2v) is 11.0. The summed E-state index contributed by atoms with van der Waals surface area (Å²) < 4.78 is 6.55. The quantitative estimate of drug-likeness (QED) is 0.702. The fourth-order valence-electron chi connectivity index (χ4n) is 8.16. The molecule has 1 aromatic carbocycles. The number of ether oxygens (including phenoxy) is 1. The summed E-state index contributed by atoms with van der Waals surface area (Å²) in [6.07, 6.45) is 9.99. The molecule has 0 bridgehead atoms. The molecule has 1 N–H and O–H groups in total. The van der Waals surface area contributed by atoms with Crippen molar-refractivity contribution in [1.82, 2.24) is 4.90 Å². The molecule has 1 heterocycles. The van der Waals surface area contributed by atoms with E-state index in [1.165, 1.54) is 25.7 Å². The summed E-state index contributed by atoms with van der Waals surface area (Å²) >= 11 is 0. The van der Waals surface area contributed by atoms with Crippen molar-refractivity contribution in [2.75, 3.05) is 12.4 Å². The van der Waals surface area contributed by atoms with Crippen molar-refractivity contribution >= 4 is 18.0 Å². The second kappa shape index (κ2) is 7.53. The van der Waals surface area contributed by atoms with E-state index in [1.54, 1.807) is 0 Å². The Labute approximate surface area is 185 Å². The van der Waals surface area contributed by atoms with Crippen molar-refractivity contribution in [3.05, 3.63) is 24.3 Å². The number of piperidine rings is 1. The molecule has 1 aliphatic heterocycles. The highest BCUT2D eigenvalue weighted by Crippen LogP contribution is 2.65. The molecule has 31 heavy (non-hydrogen) atoms. The fraction of sp³-hybridized carbons (Fsp3) is 0.692. The number of anilines is 1. The molecule has 0 unspecified atom stereocenters. The van der Waals surface area contributed by atoms with E-state index in [1.807, 2.05) is 31.3 Å². The van der Waals surface area contributed by atoms with Crippen molar-refractivity contribution in [1.29, 1.82) is 0 Å². The van der Waals surface area contributed by atoms with Gasteiger partial charge in [-0.15, -0.1) is 0 Å². The van der Waals surface area contributed by atoms with Gasteiger partial charge < -0.3 is 15.0 Å². The average Bonchev–Trinajstić information content (AvgIpc) is 3.09. The maximum atomic E-state index is 12.3. The molecule has 5 nitrogen and oxygen atoms in total. The fourth-order valence-corrected chi connectivity index (χ4v) is 8.16. The van der Waals surface area contributed by atoms with Gasteiger partial charge in [-0.1, -0.05) is 13.8 Å². The smallest absolute Gasteiger partial charge is 0.222 e. The molecular formula is C26H36N2O3. The molecule has 5 rings (SSSR count). The number of nitrogens with one attached hydrogen (secondary N) is 1. The normalized spacial score (nSPS) is 41.7. The van der Waals surface area contributed by atoms with Crippen molar-refractivity contribution in [3.8, 4) is 5.75 Å². The Hall–Kier alpha value is -2.04. The average molecular weight is 425 g/mol. The lowest BCUT2D eigenvalue weighted by atomic mass is 9.47. The maximum Gasteiger partial charge on any atom is 0.222 e. The van der Waals surface area contributed by atoms with Crippen molar-refractivity contribution in [3.63, 3.8) is 0 Å². The van der Waals surface area contributed by atoms with E-state index in [0.29, 0.717) is 24.3 Å². The number of hydrogen-bond donors (Lipinski definition) is 1. The van der Waals surface area contributed by atoms with E-state index in [9.17, 15) is 9.59 Å². The first kappa shape index (κ1) is 20.8. The zero-order valence-electron chi connectivity index (χ0n) is 19.1. The first-order chi connectivity index (χ1) is 14.9. The number of amides is 2. The summed E-state index contributed by atoms with van der Waals surface area (Å²) in [5, 5.41) is 2.68. The Morgan fingerprint density at radius 2 is 1.74 bits per heavy atom. The second-order valence-electron chi connectivity index (χ2n) is 11.0. The van der Waals surface area contributed by atoms with Gasteiger partial charge in [0.05, 0.1) is 0 Å². The molecule has 0 radical (unpaired) electrons. The van der Waals surface area contributed by atoms with Gasteiger partial charge in [0, 0.05) is 30.6 Å². The number of fused-ring (bicyclic) bond motifs is 5. The highest BCUT2D eigenvalue weighted by atomic mass is 16.5. The van der Waals surface area contributed by atoms with Crippen LogP contribution in [0.15, 0.2) is 24.3 Å². The summed E-state index contributed by atoms with van der Waals surface area (Å²) in [7, 11) is 2.03. The minimum atomic E-state index is 0.223. The number of rotatable bonds is 4. The summed E-state index contributed by atoms with van der Waals surface area (Å²) in [5.74, 6) is 3.44. The number of carbonyl (C=O) groups excluding carboxylic acids is 2. The van der Waals surface area contributed by atoms with E-state index in [2.05, 4.69) is 24.1 Å². The van der Waals surface area contributed by atoms with Gasteiger partial charge in [-0.2, -0.15) is 0 Å². The van der Waals surface area contributed by atoms with Crippen molar-refractivity contribution in [2.45, 2.75) is 77.4 Å². The predicted molar refractivity (Wildman–Crippen MR) is 121 cm³/mol. The first-order valence-corrected chi connectivity index (χ1v) is 12.1. The minimum absolute atomic E-state index is 0.223. The molecule has 2 amide bonds. The molecule has 0 spiro atoms. The maximum absolute atomic E-state index is 12.3. The Morgan fingerprint density at radius 1 is 1.00 bits per heavy atom. The van der Waals surface area contributed by atoms with Gasteiger partial charge in [0.25, 0.3) is 0 Å². The molecule has 4 fully saturated rings. The summed E-state index contributed by atoms with van der Waals surface area (Å²) in [6, 6.07) is 8.16. The van der Waals surface area contributed by atoms with Crippen LogP contribution in [0.1, 0.15) is 65.2 Å². The van der Waals surface area contributed by atoms with Crippen LogP contribution in [0.2, 0.25) is 0 Å². The molecule has 1 saturated heterocycles. The molecule has 0 aromatic heterocycles. The third-order valence-electron chi connectivity index (χ3n) is 9.83. The Balaban J connectivity index is 1.33. The number of nitrogens with zero attached hydrogens (tertiary/aromatic N) is 1. The van der Waals surface area contributed by atoms with E-state index in [0.717, 1.165) is 49.0 Å². The van der Waals surface area contributed by atoms with Crippen LogP contribution >= 0.6 is 0 Å². The van der Waals surface area contributed by atoms with Crippen LogP contribution in [0.25, 0.3) is 0 Å². The largest absolute Gasteiger partial charge is 0.490 e. The van der Waals surface area contributed by atoms with Gasteiger partial charge in [-0.05, 0) is 92.4 Å². The number of hydrogen-bond acceptors (Lipinski definition) is 3. The lowest BCUT2D eigenvalue weighted by Crippen LogP contribution is -2.61. The first-order valence-electron chi connectivity index (χ1n) is 12.1. The molecule has 3 saturated carbocycles. The van der Waals surface area contributed by atoms with Gasteiger partial charge in [0.15, 0.2) is 0 Å². The Kier molecular flexibility index (Phi) is 5.06. The number of likely N-dealkylation sites (tertiary alicyclic amines) is 1. The van der Waals surface area contributed by atoms with Gasteiger partial charge in [0.1, 0.15) is 11.9 Å². The van der Waals surface area contributed by atoms with E-state index < -0.39 is 0 Å². The van der Waals surface area contributed by atoms with Crippen LogP contribution < -0.4 is 10.1 Å². The molecule has 4 aliphatic rings. The monoisotopic (exact) mass is 424 g/mol. The third-order valence-corrected chi connectivity index (χ3v) is 9.83. The van der Waals surface area contributed by atoms with Gasteiger partial charge >= 0.3 is 0 Å². The van der Waals surface area contributed by atoms with Crippen LogP contribution in [-0.4, -0.2) is 36.4 Å². The zero-order valence-corrected chi connectivity index (χ0v) is 19.1. The molecule has 7 atom stereocenters. The Bertz CT molecular complexity index is 855. The standard InChI is InChI=1S/C26H36N2O3/c1-25-15-13-24(30)28(3)22(25)10-8-19-20-9-11-23(26(20,2)14-12-21(19)25)31-18-6-4-17(5-7-18)27-16-29/h4-7,16,19-23H,8-15H2,1-3H3,(H,27,29)/t19-,20-,21-,22+,23-,25+,26-/m0/s1. The summed E-state index contributed by atoms with van der Waals surface area (Å²) in [6.45, 7) is 4.96. The summed E-state index contributed by atoms with van der Waals surface area (Å²) in [4.78, 5) is 25.1. The third kappa shape index (κ3) is 3.18. The van der Waals surface area contributed by atoms with Crippen molar-refractivity contribution < 1.29 is 14.3 Å². The van der Waals surface area contributed by atoms with Crippen LogP contribution in [0.5, 0.6) is 5.75 Å². The zero-order chi connectivity index (χ0) is 21.8. The Morgan fingerprint density at radius 3 is 2.48 bits per heavy atom. The van der Waals surface area contributed by atoms with E-state index in [4.69, 9.17) is 4.74 Å². The number of benzene rings is 1. The van der Waals surface area contributed by atoms with Crippen LogP contribution in [0.3, 0.4) is 0 Å². The lowest BCUT2D eigenvalue weighted by Gasteiger charge is -2.61. The molecule has 3 aliphatic carbocycles. The topological polar surface area (TPSA) is 58.6 Å². The lowest BCUT2D eigenvalue weighted by molar-refractivity contribution is -0.159. The van der Waals surface area contributed by atoms with E-state index in [-0.39, 0.29) is 16.9 Å². The summed E-state index contributed by atoms with van der Waals surface area (Å²) in [5.41, 5.74) is 1.28. The SMILES string of the molecule is CN1C(=O)CC[C@]2(C)[C@H]3CC[C@]4(C)[C@@H](Oc5ccc(NC=O)cc5)CC[C@H]4[C@@H]3CC[C@@H]12. The van der Waals surface area contributed by atoms with Crippen molar-refractivity contribution in [2.24, 2.45) is 28.6 Å². The van der Waals surface area contributed by atoms with Crippen LogP contribution in [0.4, 0.5) is 5.69 Å². The van der Waals surface area contributed by atoms with Gasteiger partial charge in [-0.3, -0.25) is 9.59 Å². The number of carbonyl (C=O) groups is 2. The van der Waals surface area contributed by atoms with Gasteiger partial charge in [-0.25, -0.2) is 0 Å². The molecule has 5 heteroatoms. The van der Waals surface area contributed by atoms with Crippen LogP contribution in [-0.2, 0) is 9.59 Å².